The van der Waals surface area contributed by atoms with Crippen LogP contribution in [0.25, 0.3) is 0 Å². The molecule has 5 heteroatoms. The SMILES string of the molecule is CC(C)CC(Nc1ccc(Cl)cn1)C(=O)O. The fraction of sp³-hybridized carbons (Fsp3) is 0.455. The monoisotopic (exact) mass is 242 g/mol. The van der Waals surface area contributed by atoms with Gasteiger partial charge in [0.25, 0.3) is 0 Å². The number of nitrogens with zero attached hydrogens (tertiary/aromatic N) is 1. The molecule has 0 amide bonds. The predicted octanol–water partition coefficient (Wildman–Crippen LogP) is 2.65. The van der Waals surface area contributed by atoms with E-state index in [0.29, 0.717) is 23.2 Å². The molecule has 0 saturated heterocycles. The first kappa shape index (κ1) is 12.8. The second-order valence-corrected chi connectivity index (χ2v) is 4.46. The van der Waals surface area contributed by atoms with Crippen LogP contribution < -0.4 is 5.32 Å². The number of carboxylic acids is 1. The van der Waals surface area contributed by atoms with Gasteiger partial charge in [0.15, 0.2) is 0 Å². The first-order valence-electron chi connectivity index (χ1n) is 5.10. The van der Waals surface area contributed by atoms with Gasteiger partial charge in [-0.15, -0.1) is 0 Å². The maximum atomic E-state index is 11.0. The van der Waals surface area contributed by atoms with E-state index in [1.807, 2.05) is 13.8 Å². The summed E-state index contributed by atoms with van der Waals surface area (Å²) in [4.78, 5) is 15.0. The molecule has 0 radical (unpaired) electrons. The molecule has 2 N–H and O–H groups in total. The molecular weight excluding hydrogens is 228 g/mol. The zero-order valence-electron chi connectivity index (χ0n) is 9.27. The van der Waals surface area contributed by atoms with Gasteiger partial charge < -0.3 is 10.4 Å². The van der Waals surface area contributed by atoms with E-state index in [-0.39, 0.29) is 0 Å². The Morgan fingerprint density at radius 3 is 2.69 bits per heavy atom. The van der Waals surface area contributed by atoms with Gasteiger partial charge in [-0.1, -0.05) is 25.4 Å². The Labute approximate surface area is 99.6 Å². The van der Waals surface area contributed by atoms with E-state index < -0.39 is 12.0 Å². The second kappa shape index (κ2) is 5.70. The minimum absolute atomic E-state index is 0.306. The van der Waals surface area contributed by atoms with Crippen LogP contribution in [0.1, 0.15) is 20.3 Å². The Hall–Kier alpha value is -1.29. The lowest BCUT2D eigenvalue weighted by Gasteiger charge is -2.16. The van der Waals surface area contributed by atoms with Gasteiger partial charge in [0.05, 0.1) is 5.02 Å². The van der Waals surface area contributed by atoms with Crippen LogP contribution in [0.2, 0.25) is 5.02 Å². The van der Waals surface area contributed by atoms with Crippen LogP contribution in [0.15, 0.2) is 18.3 Å². The number of halogens is 1. The molecule has 88 valence electrons. The van der Waals surface area contributed by atoms with E-state index in [9.17, 15) is 4.79 Å². The number of aromatic nitrogens is 1. The van der Waals surface area contributed by atoms with E-state index in [1.165, 1.54) is 6.20 Å². The standard InChI is InChI=1S/C11H15ClN2O2/c1-7(2)5-9(11(15)16)14-10-4-3-8(12)6-13-10/h3-4,6-7,9H,5H2,1-2H3,(H,13,14)(H,15,16). The maximum absolute atomic E-state index is 11.0. The van der Waals surface area contributed by atoms with Gasteiger partial charge in [0.1, 0.15) is 11.9 Å². The number of hydrogen-bond acceptors (Lipinski definition) is 3. The molecule has 0 aliphatic heterocycles. The van der Waals surface area contributed by atoms with Gasteiger partial charge in [-0.25, -0.2) is 9.78 Å². The minimum atomic E-state index is -0.870. The zero-order valence-corrected chi connectivity index (χ0v) is 10.0. The number of rotatable bonds is 5. The Kier molecular flexibility index (Phi) is 4.55. The van der Waals surface area contributed by atoms with Crippen molar-refractivity contribution >= 4 is 23.4 Å². The van der Waals surface area contributed by atoms with Crippen LogP contribution in [0.4, 0.5) is 5.82 Å². The number of carboxylic acid groups (broad SMARTS) is 1. The normalized spacial score (nSPS) is 12.5. The first-order chi connectivity index (χ1) is 7.49. The molecule has 0 bridgehead atoms. The van der Waals surface area contributed by atoms with Gasteiger partial charge in [-0.3, -0.25) is 0 Å². The van der Waals surface area contributed by atoms with Gasteiger partial charge >= 0.3 is 5.97 Å². The Morgan fingerprint density at radius 2 is 2.25 bits per heavy atom. The molecule has 0 aliphatic rings. The Balaban J connectivity index is 2.68. The number of nitrogens with one attached hydrogen (secondary N) is 1. The molecule has 1 atom stereocenters. The van der Waals surface area contributed by atoms with Gasteiger partial charge in [0.2, 0.25) is 0 Å². The first-order valence-corrected chi connectivity index (χ1v) is 5.47. The molecule has 16 heavy (non-hydrogen) atoms. The molecule has 1 aromatic rings. The topological polar surface area (TPSA) is 62.2 Å². The molecule has 1 rings (SSSR count). The lowest BCUT2D eigenvalue weighted by molar-refractivity contribution is -0.138. The van der Waals surface area contributed by atoms with Crippen molar-refractivity contribution in [2.45, 2.75) is 26.3 Å². The van der Waals surface area contributed by atoms with E-state index in [0.717, 1.165) is 0 Å². The number of aliphatic carboxylic acids is 1. The van der Waals surface area contributed by atoms with Crippen LogP contribution in [-0.2, 0) is 4.79 Å². The maximum Gasteiger partial charge on any atom is 0.326 e. The van der Waals surface area contributed by atoms with Gasteiger partial charge in [-0.05, 0) is 24.5 Å². The number of hydrogen-bond donors (Lipinski definition) is 2. The van der Waals surface area contributed by atoms with Crippen LogP contribution in [-0.4, -0.2) is 22.1 Å². The summed E-state index contributed by atoms with van der Waals surface area (Å²) in [6, 6.07) is 2.72. The van der Waals surface area contributed by atoms with Crippen molar-refractivity contribution in [1.29, 1.82) is 0 Å². The van der Waals surface area contributed by atoms with Crippen molar-refractivity contribution in [3.8, 4) is 0 Å². The number of carbonyl (C=O) groups is 1. The third kappa shape index (κ3) is 4.06. The van der Waals surface area contributed by atoms with Gasteiger partial charge in [-0.2, -0.15) is 0 Å². The summed E-state index contributed by atoms with van der Waals surface area (Å²) in [5.74, 6) is -0.0381. The summed E-state index contributed by atoms with van der Waals surface area (Å²) >= 11 is 5.69. The molecule has 0 aromatic carbocycles. The Bertz CT molecular complexity index is 352. The highest BCUT2D eigenvalue weighted by molar-refractivity contribution is 6.30. The fourth-order valence-corrected chi connectivity index (χ4v) is 1.44. The molecule has 0 fully saturated rings. The molecule has 0 spiro atoms. The molecule has 1 aromatic heterocycles. The minimum Gasteiger partial charge on any atom is -0.480 e. The zero-order chi connectivity index (χ0) is 12.1. The average Bonchev–Trinajstić information content (AvgIpc) is 2.19. The Morgan fingerprint density at radius 1 is 1.56 bits per heavy atom. The smallest absolute Gasteiger partial charge is 0.326 e. The summed E-state index contributed by atoms with van der Waals surface area (Å²) in [5.41, 5.74) is 0. The van der Waals surface area contributed by atoms with E-state index in [1.54, 1.807) is 12.1 Å². The highest BCUT2D eigenvalue weighted by Crippen LogP contribution is 2.13. The van der Waals surface area contributed by atoms with Crippen molar-refractivity contribution in [2.75, 3.05) is 5.32 Å². The van der Waals surface area contributed by atoms with Crippen LogP contribution in [0.3, 0.4) is 0 Å². The van der Waals surface area contributed by atoms with E-state index >= 15 is 0 Å². The lowest BCUT2D eigenvalue weighted by atomic mass is 10.0. The number of anilines is 1. The summed E-state index contributed by atoms with van der Waals surface area (Å²) in [7, 11) is 0. The number of pyridine rings is 1. The summed E-state index contributed by atoms with van der Waals surface area (Å²) in [6.45, 7) is 3.96. The molecule has 4 nitrogen and oxygen atoms in total. The molecule has 1 heterocycles. The summed E-state index contributed by atoms with van der Waals surface area (Å²) < 4.78 is 0. The van der Waals surface area contributed by atoms with Crippen molar-refractivity contribution in [1.82, 2.24) is 4.98 Å². The van der Waals surface area contributed by atoms with Crippen molar-refractivity contribution in [3.63, 3.8) is 0 Å². The predicted molar refractivity (Wildman–Crippen MR) is 63.7 cm³/mol. The molecule has 0 aliphatic carbocycles. The summed E-state index contributed by atoms with van der Waals surface area (Å²) in [6.07, 6.45) is 2.04. The average molecular weight is 243 g/mol. The second-order valence-electron chi connectivity index (χ2n) is 4.03. The quantitative estimate of drug-likeness (QED) is 0.833. The lowest BCUT2D eigenvalue weighted by Crippen LogP contribution is -2.31. The fourth-order valence-electron chi connectivity index (χ4n) is 1.33. The third-order valence-electron chi connectivity index (χ3n) is 2.05. The largest absolute Gasteiger partial charge is 0.480 e. The van der Waals surface area contributed by atoms with Crippen LogP contribution >= 0.6 is 11.6 Å². The van der Waals surface area contributed by atoms with Crippen molar-refractivity contribution < 1.29 is 9.90 Å². The third-order valence-corrected chi connectivity index (χ3v) is 2.28. The highest BCUT2D eigenvalue weighted by atomic mass is 35.5. The molecule has 1 unspecified atom stereocenters. The molecular formula is C11H15ClN2O2. The molecule has 0 saturated carbocycles. The van der Waals surface area contributed by atoms with Crippen molar-refractivity contribution in [3.05, 3.63) is 23.4 Å². The summed E-state index contributed by atoms with van der Waals surface area (Å²) in [5, 5.41) is 12.4. The van der Waals surface area contributed by atoms with Crippen LogP contribution in [0.5, 0.6) is 0 Å². The van der Waals surface area contributed by atoms with Crippen LogP contribution in [0, 0.1) is 5.92 Å². The van der Waals surface area contributed by atoms with Crippen molar-refractivity contribution in [2.24, 2.45) is 5.92 Å². The van der Waals surface area contributed by atoms with Gasteiger partial charge in [0, 0.05) is 6.20 Å². The highest BCUT2D eigenvalue weighted by Gasteiger charge is 2.18. The van der Waals surface area contributed by atoms with E-state index in [2.05, 4.69) is 10.3 Å². The van der Waals surface area contributed by atoms with E-state index in [4.69, 9.17) is 16.7 Å².